The van der Waals surface area contributed by atoms with E-state index in [9.17, 15) is 19.2 Å². The van der Waals surface area contributed by atoms with Crippen LogP contribution < -0.4 is 10.6 Å². The van der Waals surface area contributed by atoms with E-state index in [0.29, 0.717) is 29.2 Å². The van der Waals surface area contributed by atoms with Gasteiger partial charge in [-0.25, -0.2) is 9.78 Å². The fourth-order valence-corrected chi connectivity index (χ4v) is 12.5. The van der Waals surface area contributed by atoms with Crippen molar-refractivity contribution in [3.05, 3.63) is 230 Å². The highest BCUT2D eigenvalue weighted by Crippen LogP contribution is 2.46. The highest BCUT2D eigenvalue weighted by atomic mass is 35.5. The summed E-state index contributed by atoms with van der Waals surface area (Å²) in [4.78, 5) is 67.1. The molecule has 2 aliphatic heterocycles. The number of carbonyl (C=O) groups is 4. The molecule has 1 aliphatic carbocycles. The lowest BCUT2D eigenvalue weighted by molar-refractivity contribution is -0.154. The van der Waals surface area contributed by atoms with Gasteiger partial charge in [-0.3, -0.25) is 24.0 Å². The number of esters is 1. The fraction of sp³-hybridized carbons (Fsp3) is 0.167. The minimum atomic E-state index is -1.07. The van der Waals surface area contributed by atoms with Crippen molar-refractivity contribution in [3.63, 3.8) is 0 Å². The van der Waals surface area contributed by atoms with E-state index in [1.165, 1.54) is 28.4 Å². The predicted octanol–water partition coefficient (Wildman–Crippen LogP) is 9.72. The van der Waals surface area contributed by atoms with Crippen molar-refractivity contribution < 1.29 is 28.8 Å². The summed E-state index contributed by atoms with van der Waals surface area (Å²) >= 11 is 10.3. The van der Waals surface area contributed by atoms with E-state index in [0.717, 1.165) is 51.1 Å². The minimum Gasteiger partial charge on any atom is -0.448 e. The Morgan fingerprint density at radius 3 is 2.03 bits per heavy atom. The molecule has 3 aliphatic rings. The van der Waals surface area contributed by atoms with E-state index in [2.05, 4.69) is 57.2 Å². The molecule has 2 aromatic heterocycles. The maximum Gasteiger partial charge on any atom is 0.356 e. The Balaban J connectivity index is 0.978. The molecule has 7 aromatic rings. The summed E-state index contributed by atoms with van der Waals surface area (Å²) in [5.74, 6) is -1.25. The van der Waals surface area contributed by atoms with Crippen molar-refractivity contribution >= 4 is 81.5 Å². The van der Waals surface area contributed by atoms with Gasteiger partial charge in [0.05, 0.1) is 6.20 Å². The Bertz CT molecular complexity index is 3000. The van der Waals surface area contributed by atoms with E-state index < -0.39 is 40.8 Å². The molecule has 0 bridgehead atoms. The maximum absolute atomic E-state index is 15.0. The summed E-state index contributed by atoms with van der Waals surface area (Å²) < 4.78 is 8.54. The van der Waals surface area contributed by atoms with Crippen molar-refractivity contribution in [1.82, 2.24) is 25.0 Å². The van der Waals surface area contributed by atoms with Crippen LogP contribution in [0.15, 0.2) is 192 Å². The van der Waals surface area contributed by atoms with Crippen molar-refractivity contribution in [1.29, 1.82) is 0 Å². The molecule has 17 heteroatoms. The Hall–Kier alpha value is -7.24. The van der Waals surface area contributed by atoms with Crippen LogP contribution in [0.25, 0.3) is 0 Å². The molecule has 0 saturated carbocycles. The second kappa shape index (κ2) is 21.4. The van der Waals surface area contributed by atoms with Crippen LogP contribution in [-0.4, -0.2) is 72.8 Å². The first-order valence-corrected chi connectivity index (χ1v) is 26.0. The van der Waals surface area contributed by atoms with Gasteiger partial charge in [-0.1, -0.05) is 186 Å². The summed E-state index contributed by atoms with van der Waals surface area (Å²) in [5, 5.41) is 14.0. The standard InChI is InChI=1S/C54H44ClN7O6S3/c55-48-43(59-53(71-48)56-34-63)44(60-68-41-28-16-17-29-41)49(64)58-45-50(65)62-46(52(66)67-47(36-18-6-1-7-19-36)37-20-8-2-9-21-37)42(33-70-51(45)62)69-32-35-30-57-61(31-35)54(38-22-10-3-11-23-38,39-24-12-4-13-25-39)40-26-14-5-15-27-40/h1-16,18-28,30-31,34,41,45,47,51H,17,29,32-33H2,(H,58,64)(H,56,59,63)/b60-44-/t41?,45-,51-/m1/s1. The molecule has 71 heavy (non-hydrogen) atoms. The first-order valence-electron chi connectivity index (χ1n) is 22.7. The number of hydrogen-bond acceptors (Lipinski definition) is 12. The number of benzene rings is 5. The van der Waals surface area contributed by atoms with Crippen LogP contribution in [0.1, 0.15) is 58.0 Å². The molecule has 1 fully saturated rings. The second-order valence-electron chi connectivity index (χ2n) is 16.6. The number of fused-ring (bicyclic) bond motifs is 1. The molecule has 2 N–H and O–H groups in total. The highest BCUT2D eigenvalue weighted by molar-refractivity contribution is 8.05. The SMILES string of the molecule is O=CNc1nc(/C(=N/OC2C=CCC2)C(=O)N[C@@H]2C(=O)N3C(C(=O)OC(c4ccccc4)c4ccccc4)=C(SCc4cnn(C(c5ccccc5)(c5ccccc5)c5ccccc5)c4)CS[C@H]23)c(Cl)s1. The average molecular weight is 1020 g/mol. The number of aromatic nitrogens is 3. The quantitative estimate of drug-likeness (QED) is 0.0161. The van der Waals surface area contributed by atoms with E-state index in [1.807, 2.05) is 144 Å². The van der Waals surface area contributed by atoms with Gasteiger partial charge >= 0.3 is 5.97 Å². The fourth-order valence-electron chi connectivity index (χ4n) is 8.94. The number of carbonyl (C=O) groups excluding carboxylic acids is 4. The van der Waals surface area contributed by atoms with Crippen LogP contribution in [0.3, 0.4) is 0 Å². The zero-order valence-corrected chi connectivity index (χ0v) is 41.0. The lowest BCUT2D eigenvalue weighted by Gasteiger charge is -2.49. The topological polar surface area (TPSA) is 157 Å². The van der Waals surface area contributed by atoms with E-state index >= 15 is 0 Å². The number of oxime groups is 1. The number of halogens is 1. The Morgan fingerprint density at radius 2 is 1.46 bits per heavy atom. The van der Waals surface area contributed by atoms with Gasteiger partial charge in [-0.2, -0.15) is 5.10 Å². The third-order valence-corrected chi connectivity index (χ3v) is 16.1. The molecule has 13 nitrogen and oxygen atoms in total. The number of β-lactam (4-membered cyclic amide) rings is 1. The maximum atomic E-state index is 15.0. The van der Waals surface area contributed by atoms with Gasteiger partial charge in [0, 0.05) is 28.2 Å². The number of thioether (sulfide) groups is 2. The largest absolute Gasteiger partial charge is 0.448 e. The number of nitrogens with one attached hydrogen (secondary N) is 2. The number of hydrogen-bond donors (Lipinski definition) is 2. The van der Waals surface area contributed by atoms with Crippen LogP contribution in [-0.2, 0) is 40.0 Å². The Labute approximate surface area is 427 Å². The molecule has 5 aromatic carbocycles. The smallest absolute Gasteiger partial charge is 0.356 e. The average Bonchev–Trinajstić information content (AvgIpc) is 4.21. The number of ether oxygens (including phenoxy) is 1. The molecule has 4 heterocycles. The molecule has 0 spiro atoms. The van der Waals surface area contributed by atoms with Gasteiger partial charge in [0.25, 0.3) is 11.8 Å². The van der Waals surface area contributed by atoms with Crippen molar-refractivity contribution in [2.75, 3.05) is 11.1 Å². The van der Waals surface area contributed by atoms with Gasteiger partial charge in [0.15, 0.2) is 16.9 Å². The van der Waals surface area contributed by atoms with Crippen LogP contribution in [0.4, 0.5) is 5.13 Å². The molecule has 356 valence electrons. The molecule has 10 rings (SSSR count). The molecular weight excluding hydrogens is 974 g/mol. The number of nitrogens with zero attached hydrogens (tertiary/aromatic N) is 5. The number of thiazole rings is 1. The van der Waals surface area contributed by atoms with E-state index in [4.69, 9.17) is 26.3 Å². The van der Waals surface area contributed by atoms with Crippen LogP contribution in [0.2, 0.25) is 4.34 Å². The third-order valence-electron chi connectivity index (χ3n) is 12.3. The Morgan fingerprint density at radius 1 is 0.873 bits per heavy atom. The molecule has 1 unspecified atom stereocenters. The summed E-state index contributed by atoms with van der Waals surface area (Å²) in [7, 11) is 0. The summed E-state index contributed by atoms with van der Waals surface area (Å²) in [6.07, 6.45) is 8.40. The summed E-state index contributed by atoms with van der Waals surface area (Å²) in [5.41, 5.74) is 4.45. The zero-order chi connectivity index (χ0) is 48.7. The van der Waals surface area contributed by atoms with Crippen molar-refractivity contribution in [3.8, 4) is 0 Å². The molecule has 0 radical (unpaired) electrons. The van der Waals surface area contributed by atoms with Crippen molar-refractivity contribution in [2.24, 2.45) is 5.16 Å². The summed E-state index contributed by atoms with van der Waals surface area (Å²) in [6.45, 7) is 0. The number of anilines is 1. The second-order valence-corrected chi connectivity index (χ2v) is 20.4. The number of rotatable bonds is 18. The minimum absolute atomic E-state index is 0.0204. The molecular formula is C54H44ClN7O6S3. The first kappa shape index (κ1) is 47.4. The predicted molar refractivity (Wildman–Crippen MR) is 278 cm³/mol. The highest BCUT2D eigenvalue weighted by Gasteiger charge is 2.55. The van der Waals surface area contributed by atoms with Gasteiger partial charge in [-0.15, -0.1) is 23.5 Å². The summed E-state index contributed by atoms with van der Waals surface area (Å²) in [6, 6.07) is 48.7. The molecule has 3 amide bonds. The Kier molecular flexibility index (Phi) is 14.3. The van der Waals surface area contributed by atoms with E-state index in [-0.39, 0.29) is 32.7 Å². The van der Waals surface area contributed by atoms with Gasteiger partial charge < -0.3 is 20.2 Å². The van der Waals surface area contributed by atoms with Gasteiger partial charge in [0.1, 0.15) is 38.8 Å². The lowest BCUT2D eigenvalue weighted by atomic mass is 9.77. The first-order chi connectivity index (χ1) is 34.8. The van der Waals surface area contributed by atoms with Crippen molar-refractivity contribution in [2.45, 2.75) is 47.8 Å². The van der Waals surface area contributed by atoms with Gasteiger partial charge in [-0.05, 0) is 46.7 Å². The van der Waals surface area contributed by atoms with Crippen LogP contribution in [0.5, 0.6) is 0 Å². The monoisotopic (exact) mass is 1020 g/mol. The molecule has 3 atom stereocenters. The lowest BCUT2D eigenvalue weighted by Crippen LogP contribution is -2.71. The number of amides is 3. The third kappa shape index (κ3) is 9.67. The normalized spacial score (nSPS) is 17.7. The molecule has 1 saturated heterocycles. The van der Waals surface area contributed by atoms with Crippen LogP contribution >= 0.6 is 46.5 Å². The number of allylic oxidation sites excluding steroid dienone is 1. The van der Waals surface area contributed by atoms with Gasteiger partial charge in [0.2, 0.25) is 6.41 Å². The van der Waals surface area contributed by atoms with E-state index in [1.54, 1.807) is 0 Å². The van der Waals surface area contributed by atoms with Crippen LogP contribution in [0, 0.1) is 0 Å². The zero-order valence-electron chi connectivity index (χ0n) is 37.7.